The van der Waals surface area contributed by atoms with E-state index in [1.165, 1.54) is 4.90 Å². The molecule has 0 spiro atoms. The number of carboxylic acids is 1. The summed E-state index contributed by atoms with van der Waals surface area (Å²) >= 11 is 0.948. The number of benzene rings is 1. The van der Waals surface area contributed by atoms with Crippen LogP contribution in [0.4, 0.5) is 5.69 Å². The van der Waals surface area contributed by atoms with E-state index in [9.17, 15) is 14.4 Å². The van der Waals surface area contributed by atoms with Gasteiger partial charge in [-0.2, -0.15) is 0 Å². The Balaban J connectivity index is 2.96. The Morgan fingerprint density at radius 3 is 2.27 bits per heavy atom. The van der Waals surface area contributed by atoms with Crippen molar-refractivity contribution >= 4 is 34.4 Å². The second-order valence-corrected chi connectivity index (χ2v) is 6.06. The van der Waals surface area contributed by atoms with Gasteiger partial charge < -0.3 is 5.11 Å². The first kappa shape index (κ1) is 18.2. The van der Waals surface area contributed by atoms with Gasteiger partial charge in [-0.3, -0.25) is 19.3 Å². The van der Waals surface area contributed by atoms with Gasteiger partial charge in [0.2, 0.25) is 5.91 Å². The zero-order chi connectivity index (χ0) is 16.7. The van der Waals surface area contributed by atoms with Crippen LogP contribution in [-0.2, 0) is 14.4 Å². The highest BCUT2D eigenvalue weighted by Crippen LogP contribution is 2.25. The van der Waals surface area contributed by atoms with Crippen molar-refractivity contribution in [3.05, 3.63) is 29.3 Å². The van der Waals surface area contributed by atoms with E-state index in [0.29, 0.717) is 12.1 Å². The van der Waals surface area contributed by atoms with Crippen LogP contribution in [-0.4, -0.2) is 34.4 Å². The molecule has 0 aliphatic rings. The molecule has 0 aromatic heterocycles. The van der Waals surface area contributed by atoms with E-state index in [0.717, 1.165) is 29.3 Å². The number of carboxylic acid groups (broad SMARTS) is 1. The Morgan fingerprint density at radius 1 is 1.18 bits per heavy atom. The highest BCUT2D eigenvalue weighted by molar-refractivity contribution is 8.14. The number of anilines is 1. The number of aliphatic carboxylic acids is 1. The third kappa shape index (κ3) is 5.18. The molecule has 0 heterocycles. The van der Waals surface area contributed by atoms with Crippen LogP contribution in [0.15, 0.2) is 18.2 Å². The summed E-state index contributed by atoms with van der Waals surface area (Å²) in [6, 6.07) is 5.52. The average Bonchev–Trinajstić information content (AvgIpc) is 2.43. The number of aryl methyl sites for hydroxylation is 2. The molecule has 0 unspecified atom stereocenters. The fourth-order valence-corrected chi connectivity index (χ4v) is 2.94. The van der Waals surface area contributed by atoms with E-state index in [1.54, 1.807) is 0 Å². The number of nitrogens with zero attached hydrogens (tertiary/aromatic N) is 1. The molecule has 1 aromatic carbocycles. The maximum Gasteiger partial charge on any atom is 0.323 e. The van der Waals surface area contributed by atoms with Crippen LogP contribution in [0.2, 0.25) is 0 Å². The van der Waals surface area contributed by atoms with Crippen molar-refractivity contribution < 1.29 is 19.5 Å². The van der Waals surface area contributed by atoms with Crippen molar-refractivity contribution in [2.45, 2.75) is 33.6 Å². The van der Waals surface area contributed by atoms with Crippen LogP contribution in [0.3, 0.4) is 0 Å². The highest BCUT2D eigenvalue weighted by atomic mass is 32.2. The normalized spacial score (nSPS) is 10.3. The summed E-state index contributed by atoms with van der Waals surface area (Å²) in [5, 5.41) is 9.02. The van der Waals surface area contributed by atoms with Gasteiger partial charge in [0.1, 0.15) is 6.54 Å². The zero-order valence-corrected chi connectivity index (χ0v) is 13.9. The fourth-order valence-electron chi connectivity index (χ4n) is 2.16. The van der Waals surface area contributed by atoms with Crippen molar-refractivity contribution in [1.29, 1.82) is 0 Å². The summed E-state index contributed by atoms with van der Waals surface area (Å²) in [6.07, 6.45) is 1.15. The van der Waals surface area contributed by atoms with Crippen molar-refractivity contribution in [3.63, 3.8) is 0 Å². The molecule has 120 valence electrons. The van der Waals surface area contributed by atoms with Gasteiger partial charge in [0, 0.05) is 6.42 Å². The van der Waals surface area contributed by atoms with Crippen LogP contribution >= 0.6 is 11.8 Å². The molecule has 1 rings (SSSR count). The molecule has 1 amide bonds. The molecule has 0 atom stereocenters. The van der Waals surface area contributed by atoms with Gasteiger partial charge in [-0.15, -0.1) is 0 Å². The van der Waals surface area contributed by atoms with Crippen LogP contribution in [0.25, 0.3) is 0 Å². The Hall–Kier alpha value is -1.82. The van der Waals surface area contributed by atoms with Gasteiger partial charge in [0.15, 0.2) is 5.12 Å². The number of carbonyl (C=O) groups is 3. The first-order chi connectivity index (χ1) is 10.4. The monoisotopic (exact) mass is 323 g/mol. The van der Waals surface area contributed by atoms with Gasteiger partial charge in [-0.1, -0.05) is 36.9 Å². The Bertz CT molecular complexity index is 551. The summed E-state index contributed by atoms with van der Waals surface area (Å²) in [4.78, 5) is 36.3. The molecule has 22 heavy (non-hydrogen) atoms. The minimum atomic E-state index is -1.08. The first-order valence-electron chi connectivity index (χ1n) is 7.10. The molecule has 1 N–H and O–H groups in total. The molecule has 0 aliphatic carbocycles. The topological polar surface area (TPSA) is 74.7 Å². The number of carbonyl (C=O) groups excluding carboxylic acids is 2. The smallest absolute Gasteiger partial charge is 0.323 e. The van der Waals surface area contributed by atoms with Gasteiger partial charge >= 0.3 is 5.97 Å². The summed E-state index contributed by atoms with van der Waals surface area (Å²) < 4.78 is 0. The first-order valence-corrected chi connectivity index (χ1v) is 8.09. The SMILES string of the molecule is CCCC(=O)SCC(=O)N(CC(=O)O)c1c(C)cccc1C. The number of amides is 1. The third-order valence-corrected chi connectivity index (χ3v) is 4.03. The minimum absolute atomic E-state index is 0.0418. The molecular formula is C16H21NO4S. The molecule has 0 fully saturated rings. The van der Waals surface area contributed by atoms with Crippen molar-refractivity contribution in [1.82, 2.24) is 0 Å². The molecule has 6 heteroatoms. The summed E-state index contributed by atoms with van der Waals surface area (Å²) in [6.45, 7) is 5.15. The average molecular weight is 323 g/mol. The lowest BCUT2D eigenvalue weighted by Crippen LogP contribution is -2.38. The second-order valence-electron chi connectivity index (χ2n) is 5.02. The molecule has 0 aliphatic heterocycles. The number of rotatable bonds is 7. The lowest BCUT2D eigenvalue weighted by molar-refractivity contribution is -0.136. The van der Waals surface area contributed by atoms with E-state index in [2.05, 4.69) is 0 Å². The molecular weight excluding hydrogens is 302 g/mol. The summed E-state index contributed by atoms with van der Waals surface area (Å²) in [5.41, 5.74) is 2.28. The molecule has 0 radical (unpaired) electrons. The zero-order valence-electron chi connectivity index (χ0n) is 13.1. The number of para-hydroxylation sites is 1. The molecule has 0 bridgehead atoms. The maximum absolute atomic E-state index is 12.4. The number of thioether (sulfide) groups is 1. The van der Waals surface area contributed by atoms with Crippen molar-refractivity contribution in [2.75, 3.05) is 17.2 Å². The Labute approximate surface area is 134 Å². The van der Waals surface area contributed by atoms with E-state index in [-0.39, 0.29) is 16.8 Å². The number of hydrogen-bond donors (Lipinski definition) is 1. The predicted octanol–water partition coefficient (Wildman–Crippen LogP) is 2.78. The number of hydrogen-bond acceptors (Lipinski definition) is 4. The van der Waals surface area contributed by atoms with E-state index in [1.807, 2.05) is 39.0 Å². The third-order valence-electron chi connectivity index (χ3n) is 3.11. The largest absolute Gasteiger partial charge is 0.480 e. The van der Waals surface area contributed by atoms with Crippen molar-refractivity contribution in [2.24, 2.45) is 0 Å². The molecule has 0 saturated heterocycles. The summed E-state index contributed by atoms with van der Waals surface area (Å²) in [5.74, 6) is -1.49. The fraction of sp³-hybridized carbons (Fsp3) is 0.438. The highest BCUT2D eigenvalue weighted by Gasteiger charge is 2.22. The Kier molecular flexibility index (Phi) is 7.11. The Morgan fingerprint density at radius 2 is 1.77 bits per heavy atom. The van der Waals surface area contributed by atoms with E-state index in [4.69, 9.17) is 5.11 Å². The molecule has 1 aromatic rings. The molecule has 0 saturated carbocycles. The lowest BCUT2D eigenvalue weighted by Gasteiger charge is -2.24. The van der Waals surface area contributed by atoms with Crippen LogP contribution in [0, 0.1) is 13.8 Å². The van der Waals surface area contributed by atoms with Gasteiger partial charge in [0.25, 0.3) is 0 Å². The standard InChI is InChI=1S/C16H21NO4S/c1-4-6-15(21)22-10-13(18)17(9-14(19)20)16-11(2)7-5-8-12(16)3/h5,7-8H,4,6,9-10H2,1-3H3,(H,19,20). The maximum atomic E-state index is 12.4. The van der Waals surface area contributed by atoms with Crippen LogP contribution in [0.5, 0.6) is 0 Å². The van der Waals surface area contributed by atoms with Gasteiger partial charge in [-0.05, 0) is 31.4 Å². The van der Waals surface area contributed by atoms with Crippen molar-refractivity contribution in [3.8, 4) is 0 Å². The van der Waals surface area contributed by atoms with E-state index >= 15 is 0 Å². The van der Waals surface area contributed by atoms with Crippen LogP contribution < -0.4 is 4.90 Å². The molecule has 5 nitrogen and oxygen atoms in total. The van der Waals surface area contributed by atoms with Crippen LogP contribution in [0.1, 0.15) is 30.9 Å². The summed E-state index contributed by atoms with van der Waals surface area (Å²) in [7, 11) is 0. The van der Waals surface area contributed by atoms with E-state index < -0.39 is 12.5 Å². The quantitative estimate of drug-likeness (QED) is 0.835. The predicted molar refractivity (Wildman–Crippen MR) is 88.3 cm³/mol. The second kappa shape index (κ2) is 8.58. The minimum Gasteiger partial charge on any atom is -0.480 e. The van der Waals surface area contributed by atoms with Gasteiger partial charge in [-0.25, -0.2) is 0 Å². The van der Waals surface area contributed by atoms with Gasteiger partial charge in [0.05, 0.1) is 11.4 Å². The lowest BCUT2D eigenvalue weighted by atomic mass is 10.1.